The van der Waals surface area contributed by atoms with Gasteiger partial charge in [-0.15, -0.1) is 24.0 Å². The molecule has 1 aliphatic carbocycles. The first-order valence-corrected chi connectivity index (χ1v) is 7.71. The van der Waals surface area contributed by atoms with E-state index in [0.717, 1.165) is 49.9 Å². The number of aliphatic imine (C=N–C) groups is 1. The average Bonchev–Trinajstić information content (AvgIpc) is 3.18. The van der Waals surface area contributed by atoms with Crippen LogP contribution in [0, 0.1) is 0 Å². The van der Waals surface area contributed by atoms with Crippen molar-refractivity contribution in [2.75, 3.05) is 20.2 Å². The Bertz CT molecular complexity index is 516. The van der Waals surface area contributed by atoms with Gasteiger partial charge < -0.3 is 20.1 Å². The summed E-state index contributed by atoms with van der Waals surface area (Å²) < 4.78 is 11.5. The molecule has 1 aromatic carbocycles. The molecule has 122 valence electrons. The topological polar surface area (TPSA) is 54.9 Å². The van der Waals surface area contributed by atoms with Gasteiger partial charge in [-0.1, -0.05) is 6.07 Å². The Morgan fingerprint density at radius 3 is 2.77 bits per heavy atom. The van der Waals surface area contributed by atoms with E-state index < -0.39 is 0 Å². The molecule has 0 spiro atoms. The molecular formula is C16H24IN3O2. The van der Waals surface area contributed by atoms with Gasteiger partial charge in [0.1, 0.15) is 0 Å². The molecule has 1 heterocycles. The highest BCUT2D eigenvalue weighted by atomic mass is 127. The summed E-state index contributed by atoms with van der Waals surface area (Å²) >= 11 is 0. The SMILES string of the molecule is COc1ccc(CNC2=NCCN2)cc1OC1CCCC1.I. The molecule has 1 aliphatic heterocycles. The molecule has 0 amide bonds. The zero-order valence-corrected chi connectivity index (χ0v) is 15.3. The summed E-state index contributed by atoms with van der Waals surface area (Å²) in [5.41, 5.74) is 1.17. The highest BCUT2D eigenvalue weighted by Gasteiger charge is 2.18. The summed E-state index contributed by atoms with van der Waals surface area (Å²) in [6.07, 6.45) is 5.15. The molecule has 0 atom stereocenters. The van der Waals surface area contributed by atoms with E-state index in [2.05, 4.69) is 27.8 Å². The first-order chi connectivity index (χ1) is 10.3. The van der Waals surface area contributed by atoms with Gasteiger partial charge in [-0.05, 0) is 43.4 Å². The van der Waals surface area contributed by atoms with Crippen molar-refractivity contribution < 1.29 is 9.47 Å². The smallest absolute Gasteiger partial charge is 0.191 e. The Morgan fingerprint density at radius 1 is 1.27 bits per heavy atom. The van der Waals surface area contributed by atoms with Gasteiger partial charge in [0.15, 0.2) is 17.5 Å². The second-order valence-corrected chi connectivity index (χ2v) is 5.52. The maximum Gasteiger partial charge on any atom is 0.191 e. The number of guanidine groups is 1. The van der Waals surface area contributed by atoms with Crippen LogP contribution in [0.4, 0.5) is 0 Å². The highest BCUT2D eigenvalue weighted by Crippen LogP contribution is 2.32. The van der Waals surface area contributed by atoms with E-state index in [4.69, 9.17) is 9.47 Å². The molecule has 0 bridgehead atoms. The molecule has 0 unspecified atom stereocenters. The number of benzene rings is 1. The molecule has 6 heteroatoms. The summed E-state index contributed by atoms with van der Waals surface area (Å²) in [6.45, 7) is 2.50. The summed E-state index contributed by atoms with van der Waals surface area (Å²) in [4.78, 5) is 4.33. The Balaban J connectivity index is 0.00000176. The molecule has 0 radical (unpaired) electrons. The molecule has 0 aromatic heterocycles. The number of hydrogen-bond donors (Lipinski definition) is 2. The third-order valence-electron chi connectivity index (χ3n) is 3.96. The van der Waals surface area contributed by atoms with Gasteiger partial charge in [0, 0.05) is 13.1 Å². The van der Waals surface area contributed by atoms with Gasteiger partial charge in [0.05, 0.1) is 19.8 Å². The van der Waals surface area contributed by atoms with E-state index in [1.165, 1.54) is 18.4 Å². The van der Waals surface area contributed by atoms with Crippen molar-refractivity contribution >= 4 is 29.9 Å². The normalized spacial score (nSPS) is 17.4. The number of rotatable bonds is 5. The standard InChI is InChI=1S/C16H23N3O2.HI/c1-20-14-7-6-12(11-19-16-17-8-9-18-16)10-15(14)21-13-4-2-3-5-13;/h6-7,10,13H,2-5,8-9,11H2,1H3,(H2,17,18,19);1H. The Morgan fingerprint density at radius 2 is 2.09 bits per heavy atom. The van der Waals surface area contributed by atoms with E-state index in [9.17, 15) is 0 Å². The van der Waals surface area contributed by atoms with Crippen LogP contribution in [0.25, 0.3) is 0 Å². The van der Waals surface area contributed by atoms with Crippen molar-refractivity contribution in [1.82, 2.24) is 10.6 Å². The molecule has 1 fully saturated rings. The van der Waals surface area contributed by atoms with Crippen molar-refractivity contribution in [2.24, 2.45) is 4.99 Å². The Kier molecular flexibility index (Phi) is 6.60. The summed E-state index contributed by atoms with van der Waals surface area (Å²) in [5.74, 6) is 2.54. The van der Waals surface area contributed by atoms with Crippen LogP contribution in [0.15, 0.2) is 23.2 Å². The first-order valence-electron chi connectivity index (χ1n) is 7.71. The van der Waals surface area contributed by atoms with Crippen LogP contribution in [0.2, 0.25) is 0 Å². The van der Waals surface area contributed by atoms with Crippen LogP contribution in [0.1, 0.15) is 31.2 Å². The molecule has 22 heavy (non-hydrogen) atoms. The largest absolute Gasteiger partial charge is 0.493 e. The number of nitrogens with zero attached hydrogens (tertiary/aromatic N) is 1. The molecule has 0 saturated heterocycles. The zero-order chi connectivity index (χ0) is 14.5. The minimum Gasteiger partial charge on any atom is -0.493 e. The number of halogens is 1. The van der Waals surface area contributed by atoms with Gasteiger partial charge >= 0.3 is 0 Å². The molecule has 1 saturated carbocycles. The summed E-state index contributed by atoms with van der Waals surface area (Å²) in [5, 5.41) is 6.50. The van der Waals surface area contributed by atoms with Crippen molar-refractivity contribution in [3.63, 3.8) is 0 Å². The van der Waals surface area contributed by atoms with E-state index in [-0.39, 0.29) is 24.0 Å². The van der Waals surface area contributed by atoms with Crippen LogP contribution in [-0.2, 0) is 6.54 Å². The second-order valence-electron chi connectivity index (χ2n) is 5.52. The molecule has 2 N–H and O–H groups in total. The number of ether oxygens (including phenoxy) is 2. The lowest BCUT2D eigenvalue weighted by molar-refractivity contribution is 0.200. The van der Waals surface area contributed by atoms with Crippen molar-refractivity contribution in [1.29, 1.82) is 0 Å². The van der Waals surface area contributed by atoms with Crippen LogP contribution >= 0.6 is 24.0 Å². The second kappa shape index (κ2) is 8.45. The lowest BCUT2D eigenvalue weighted by Gasteiger charge is -2.17. The minimum atomic E-state index is 0. The third kappa shape index (κ3) is 4.41. The summed E-state index contributed by atoms with van der Waals surface area (Å²) in [7, 11) is 1.69. The third-order valence-corrected chi connectivity index (χ3v) is 3.96. The van der Waals surface area contributed by atoms with Gasteiger partial charge in [0.25, 0.3) is 0 Å². The predicted octanol–water partition coefficient (Wildman–Crippen LogP) is 2.68. The number of nitrogens with one attached hydrogen (secondary N) is 2. The number of hydrogen-bond acceptors (Lipinski definition) is 5. The van der Waals surface area contributed by atoms with Crippen molar-refractivity contribution in [3.8, 4) is 11.5 Å². The Labute approximate surface area is 148 Å². The van der Waals surface area contributed by atoms with Gasteiger partial charge in [0.2, 0.25) is 0 Å². The van der Waals surface area contributed by atoms with Gasteiger partial charge in [-0.25, -0.2) is 0 Å². The maximum atomic E-state index is 6.11. The van der Waals surface area contributed by atoms with E-state index in [1.807, 2.05) is 6.07 Å². The Hall–Kier alpha value is -1.18. The van der Waals surface area contributed by atoms with Crippen LogP contribution < -0.4 is 20.1 Å². The van der Waals surface area contributed by atoms with Gasteiger partial charge in [-0.3, -0.25) is 4.99 Å². The fourth-order valence-electron chi connectivity index (χ4n) is 2.81. The average molecular weight is 417 g/mol. The van der Waals surface area contributed by atoms with E-state index in [0.29, 0.717) is 6.10 Å². The molecule has 2 aliphatic rings. The fourth-order valence-corrected chi connectivity index (χ4v) is 2.81. The summed E-state index contributed by atoms with van der Waals surface area (Å²) in [6, 6.07) is 6.10. The highest BCUT2D eigenvalue weighted by molar-refractivity contribution is 14.0. The quantitative estimate of drug-likeness (QED) is 0.724. The molecule has 1 aromatic rings. The van der Waals surface area contributed by atoms with E-state index in [1.54, 1.807) is 7.11 Å². The molecular weight excluding hydrogens is 393 g/mol. The zero-order valence-electron chi connectivity index (χ0n) is 12.9. The van der Waals surface area contributed by atoms with Crippen molar-refractivity contribution in [3.05, 3.63) is 23.8 Å². The van der Waals surface area contributed by atoms with Crippen LogP contribution in [-0.4, -0.2) is 32.3 Å². The maximum absolute atomic E-state index is 6.11. The van der Waals surface area contributed by atoms with Gasteiger partial charge in [-0.2, -0.15) is 0 Å². The number of methoxy groups -OCH3 is 1. The molecule has 3 rings (SSSR count). The first kappa shape index (κ1) is 17.2. The minimum absolute atomic E-state index is 0. The lowest BCUT2D eigenvalue weighted by atomic mass is 10.2. The van der Waals surface area contributed by atoms with E-state index >= 15 is 0 Å². The fraction of sp³-hybridized carbons (Fsp3) is 0.562. The lowest BCUT2D eigenvalue weighted by Crippen LogP contribution is -2.33. The molecule has 5 nitrogen and oxygen atoms in total. The van der Waals surface area contributed by atoms with Crippen LogP contribution in [0.3, 0.4) is 0 Å². The predicted molar refractivity (Wildman–Crippen MR) is 98.4 cm³/mol. The van der Waals surface area contributed by atoms with Crippen LogP contribution in [0.5, 0.6) is 11.5 Å². The van der Waals surface area contributed by atoms with Crippen molar-refractivity contribution in [2.45, 2.75) is 38.3 Å². The monoisotopic (exact) mass is 417 g/mol.